The van der Waals surface area contributed by atoms with E-state index in [9.17, 15) is 9.59 Å². The van der Waals surface area contributed by atoms with Crippen LogP contribution in [0.3, 0.4) is 0 Å². The van der Waals surface area contributed by atoms with Gasteiger partial charge in [0.25, 0.3) is 0 Å². The quantitative estimate of drug-likeness (QED) is 0.855. The highest BCUT2D eigenvalue weighted by molar-refractivity contribution is 5.90. The molecule has 104 valence electrons. The van der Waals surface area contributed by atoms with Gasteiger partial charge in [0.1, 0.15) is 0 Å². The second kappa shape index (κ2) is 7.07. The van der Waals surface area contributed by atoms with E-state index in [1.54, 1.807) is 0 Å². The molecule has 1 atom stereocenters. The average molecular weight is 261 g/mol. The topological polar surface area (TPSA) is 46.2 Å². The lowest BCUT2D eigenvalue weighted by Gasteiger charge is -2.21. The number of rotatable bonds is 6. The van der Waals surface area contributed by atoms with E-state index in [0.717, 1.165) is 5.56 Å². The summed E-state index contributed by atoms with van der Waals surface area (Å²) in [6, 6.07) is 9.34. The second-order valence-electron chi connectivity index (χ2n) is 5.46. The average Bonchev–Trinajstić information content (AvgIpc) is 2.37. The third kappa shape index (κ3) is 4.86. The molecule has 0 spiro atoms. The third-order valence-electron chi connectivity index (χ3n) is 3.04. The number of carbonyl (C=O) groups excluding carboxylic acids is 2. The highest BCUT2D eigenvalue weighted by atomic mass is 16.2. The zero-order valence-electron chi connectivity index (χ0n) is 12.1. The maximum atomic E-state index is 12.2. The minimum absolute atomic E-state index is 0.0741. The molecule has 3 nitrogen and oxygen atoms in total. The van der Waals surface area contributed by atoms with Crippen LogP contribution in [-0.4, -0.2) is 17.7 Å². The van der Waals surface area contributed by atoms with Crippen LogP contribution >= 0.6 is 0 Å². The van der Waals surface area contributed by atoms with Gasteiger partial charge in [0.2, 0.25) is 5.91 Å². The van der Waals surface area contributed by atoms with Gasteiger partial charge in [-0.15, -0.1) is 0 Å². The van der Waals surface area contributed by atoms with Gasteiger partial charge in [-0.2, -0.15) is 0 Å². The van der Waals surface area contributed by atoms with Crippen molar-refractivity contribution in [1.82, 2.24) is 5.32 Å². The van der Waals surface area contributed by atoms with Crippen molar-refractivity contribution < 1.29 is 9.59 Å². The summed E-state index contributed by atoms with van der Waals surface area (Å²) in [5.41, 5.74) is 1.06. The molecule has 0 aromatic heterocycles. The maximum absolute atomic E-state index is 12.2. The van der Waals surface area contributed by atoms with Gasteiger partial charge in [0.05, 0.1) is 6.04 Å². The molecule has 1 amide bonds. The highest BCUT2D eigenvalue weighted by Gasteiger charge is 2.24. The number of Topliss-reactive ketones (excluding diaryl/α,β-unsaturated/α-hetero) is 1. The van der Waals surface area contributed by atoms with E-state index in [0.29, 0.717) is 6.42 Å². The molecule has 0 radical (unpaired) electrons. The van der Waals surface area contributed by atoms with Gasteiger partial charge < -0.3 is 5.32 Å². The smallest absolute Gasteiger partial charge is 0.223 e. The Morgan fingerprint density at radius 1 is 1.00 bits per heavy atom. The Labute approximate surface area is 115 Å². The van der Waals surface area contributed by atoms with E-state index in [1.807, 2.05) is 58.0 Å². The fourth-order valence-corrected chi connectivity index (χ4v) is 1.81. The SMILES string of the molecule is CC(C)C(=O)NC(Cc1ccccc1)C(=O)C(C)C. The Bertz CT molecular complexity index is 424. The molecule has 0 heterocycles. The van der Waals surface area contributed by atoms with Crippen molar-refractivity contribution in [3.05, 3.63) is 35.9 Å². The van der Waals surface area contributed by atoms with Crippen molar-refractivity contribution in [2.24, 2.45) is 11.8 Å². The minimum Gasteiger partial charge on any atom is -0.346 e. The van der Waals surface area contributed by atoms with Crippen LogP contribution in [0, 0.1) is 11.8 Å². The molecule has 1 N–H and O–H groups in total. The zero-order valence-corrected chi connectivity index (χ0v) is 12.1. The molecule has 0 aliphatic heterocycles. The molecule has 0 aliphatic rings. The Morgan fingerprint density at radius 2 is 1.58 bits per heavy atom. The first-order valence-corrected chi connectivity index (χ1v) is 6.79. The number of ketones is 1. The van der Waals surface area contributed by atoms with Crippen molar-refractivity contribution >= 4 is 11.7 Å². The summed E-state index contributed by atoms with van der Waals surface area (Å²) in [4.78, 5) is 24.0. The lowest BCUT2D eigenvalue weighted by Crippen LogP contribution is -2.45. The van der Waals surface area contributed by atoms with Crippen LogP contribution in [0.4, 0.5) is 0 Å². The Morgan fingerprint density at radius 3 is 2.05 bits per heavy atom. The van der Waals surface area contributed by atoms with E-state index < -0.39 is 6.04 Å². The predicted octanol–water partition coefficient (Wildman–Crippen LogP) is 2.60. The van der Waals surface area contributed by atoms with Crippen LogP contribution < -0.4 is 5.32 Å². The number of carbonyl (C=O) groups is 2. The molecular formula is C16H23NO2. The predicted molar refractivity (Wildman–Crippen MR) is 76.8 cm³/mol. The first kappa shape index (κ1) is 15.4. The Kier molecular flexibility index (Phi) is 5.74. The van der Waals surface area contributed by atoms with Gasteiger partial charge in [-0.3, -0.25) is 9.59 Å². The van der Waals surface area contributed by atoms with Gasteiger partial charge in [-0.25, -0.2) is 0 Å². The first-order valence-electron chi connectivity index (χ1n) is 6.79. The molecule has 0 saturated heterocycles. The van der Waals surface area contributed by atoms with E-state index in [1.165, 1.54) is 0 Å². The van der Waals surface area contributed by atoms with Crippen molar-refractivity contribution in [3.63, 3.8) is 0 Å². The summed E-state index contributed by atoms with van der Waals surface area (Å²) < 4.78 is 0. The fourth-order valence-electron chi connectivity index (χ4n) is 1.81. The number of amides is 1. The van der Waals surface area contributed by atoms with Crippen LogP contribution in [-0.2, 0) is 16.0 Å². The third-order valence-corrected chi connectivity index (χ3v) is 3.04. The first-order chi connectivity index (χ1) is 8.91. The van der Waals surface area contributed by atoms with Crippen molar-refractivity contribution in [1.29, 1.82) is 0 Å². The molecule has 3 heteroatoms. The standard InChI is InChI=1S/C16H23NO2/c1-11(2)15(18)14(17-16(19)12(3)4)10-13-8-6-5-7-9-13/h5-9,11-12,14H,10H2,1-4H3,(H,17,19). The van der Waals surface area contributed by atoms with Crippen LogP contribution in [0.2, 0.25) is 0 Å². The summed E-state index contributed by atoms with van der Waals surface area (Å²) in [5, 5.41) is 2.86. The monoisotopic (exact) mass is 261 g/mol. The molecule has 1 rings (SSSR count). The van der Waals surface area contributed by atoms with E-state index in [2.05, 4.69) is 5.32 Å². The molecule has 0 aliphatic carbocycles. The normalized spacial score (nSPS) is 12.5. The molecular weight excluding hydrogens is 238 g/mol. The van der Waals surface area contributed by atoms with E-state index >= 15 is 0 Å². The van der Waals surface area contributed by atoms with Crippen molar-refractivity contribution in [3.8, 4) is 0 Å². The van der Waals surface area contributed by atoms with Gasteiger partial charge in [0, 0.05) is 11.8 Å². The van der Waals surface area contributed by atoms with Crippen LogP contribution in [0.25, 0.3) is 0 Å². The zero-order chi connectivity index (χ0) is 14.4. The van der Waals surface area contributed by atoms with Gasteiger partial charge in [0.15, 0.2) is 5.78 Å². The number of hydrogen-bond donors (Lipinski definition) is 1. The minimum atomic E-state index is -0.433. The molecule has 1 aromatic rings. The van der Waals surface area contributed by atoms with Crippen LogP contribution in [0.1, 0.15) is 33.3 Å². The highest BCUT2D eigenvalue weighted by Crippen LogP contribution is 2.09. The van der Waals surface area contributed by atoms with Crippen molar-refractivity contribution in [2.45, 2.75) is 40.2 Å². The fraction of sp³-hybridized carbons (Fsp3) is 0.500. The summed E-state index contributed by atoms with van der Waals surface area (Å²) in [6.07, 6.45) is 0.552. The molecule has 19 heavy (non-hydrogen) atoms. The second-order valence-corrected chi connectivity index (χ2v) is 5.46. The van der Waals surface area contributed by atoms with E-state index in [4.69, 9.17) is 0 Å². The maximum Gasteiger partial charge on any atom is 0.223 e. The lowest BCUT2D eigenvalue weighted by atomic mass is 9.95. The molecule has 0 saturated carbocycles. The Hall–Kier alpha value is -1.64. The lowest BCUT2D eigenvalue weighted by molar-refractivity contribution is -0.130. The van der Waals surface area contributed by atoms with Crippen LogP contribution in [0.5, 0.6) is 0 Å². The van der Waals surface area contributed by atoms with Crippen molar-refractivity contribution in [2.75, 3.05) is 0 Å². The van der Waals surface area contributed by atoms with Gasteiger partial charge >= 0.3 is 0 Å². The molecule has 1 aromatic carbocycles. The largest absolute Gasteiger partial charge is 0.346 e. The van der Waals surface area contributed by atoms with E-state index in [-0.39, 0.29) is 23.5 Å². The van der Waals surface area contributed by atoms with Crippen LogP contribution in [0.15, 0.2) is 30.3 Å². The molecule has 0 bridgehead atoms. The van der Waals surface area contributed by atoms with Gasteiger partial charge in [-0.1, -0.05) is 58.0 Å². The molecule has 1 unspecified atom stereocenters. The summed E-state index contributed by atoms with van der Waals surface area (Å²) in [7, 11) is 0. The Balaban J connectivity index is 2.81. The summed E-state index contributed by atoms with van der Waals surface area (Å²) in [6.45, 7) is 7.38. The number of benzene rings is 1. The number of hydrogen-bond acceptors (Lipinski definition) is 2. The van der Waals surface area contributed by atoms with Gasteiger partial charge in [-0.05, 0) is 12.0 Å². The molecule has 0 fully saturated rings. The number of nitrogens with one attached hydrogen (secondary N) is 1. The summed E-state index contributed by atoms with van der Waals surface area (Å²) in [5.74, 6) is -0.188. The summed E-state index contributed by atoms with van der Waals surface area (Å²) >= 11 is 0.